The van der Waals surface area contributed by atoms with Gasteiger partial charge < -0.3 is 19.5 Å². The molecule has 0 unspecified atom stereocenters. The average Bonchev–Trinajstić information content (AvgIpc) is 2.89. The SMILES string of the molecule is COc1cccc(Cl)c1N(C)C(=O)c1cc(-c2cnc(C(F)(F)F)cc2C#N)c(Cl)cc1OCCCC(=O)O. The summed E-state index contributed by atoms with van der Waals surface area (Å²) in [6.45, 7) is -0.0767. The molecule has 8 nitrogen and oxygen atoms in total. The van der Waals surface area contributed by atoms with Crippen LogP contribution in [0.3, 0.4) is 0 Å². The highest BCUT2D eigenvalue weighted by atomic mass is 35.5. The molecule has 0 spiro atoms. The molecule has 39 heavy (non-hydrogen) atoms. The summed E-state index contributed by atoms with van der Waals surface area (Å²) in [5, 5.41) is 18.6. The van der Waals surface area contributed by atoms with Crippen LogP contribution in [-0.2, 0) is 11.0 Å². The summed E-state index contributed by atoms with van der Waals surface area (Å²) in [4.78, 5) is 29.2. The molecule has 3 aromatic rings. The molecule has 0 fully saturated rings. The smallest absolute Gasteiger partial charge is 0.433 e. The van der Waals surface area contributed by atoms with Gasteiger partial charge in [-0.3, -0.25) is 14.6 Å². The fourth-order valence-electron chi connectivity index (χ4n) is 3.64. The summed E-state index contributed by atoms with van der Waals surface area (Å²) in [6.07, 6.45) is -3.99. The van der Waals surface area contributed by atoms with E-state index < -0.39 is 23.7 Å². The Balaban J connectivity index is 2.16. The van der Waals surface area contributed by atoms with Gasteiger partial charge in [0.05, 0.1) is 41.0 Å². The van der Waals surface area contributed by atoms with Gasteiger partial charge in [0.2, 0.25) is 0 Å². The van der Waals surface area contributed by atoms with Crippen LogP contribution >= 0.6 is 23.2 Å². The number of hydrogen-bond acceptors (Lipinski definition) is 6. The number of pyridine rings is 1. The lowest BCUT2D eigenvalue weighted by atomic mass is 9.98. The third-order valence-electron chi connectivity index (χ3n) is 5.51. The number of benzene rings is 2. The van der Waals surface area contributed by atoms with Crippen molar-refractivity contribution in [1.82, 2.24) is 4.98 Å². The maximum Gasteiger partial charge on any atom is 0.433 e. The third kappa shape index (κ3) is 6.71. The Kier molecular flexibility index (Phi) is 9.27. The molecule has 0 aliphatic carbocycles. The van der Waals surface area contributed by atoms with E-state index in [1.54, 1.807) is 24.3 Å². The highest BCUT2D eigenvalue weighted by Crippen LogP contribution is 2.40. The van der Waals surface area contributed by atoms with E-state index in [0.29, 0.717) is 6.07 Å². The number of rotatable bonds is 9. The molecule has 0 bridgehead atoms. The number of nitriles is 1. The van der Waals surface area contributed by atoms with Crippen molar-refractivity contribution in [2.24, 2.45) is 0 Å². The number of aromatic nitrogens is 1. The van der Waals surface area contributed by atoms with E-state index in [9.17, 15) is 28.0 Å². The Morgan fingerprint density at radius 3 is 2.46 bits per heavy atom. The quantitative estimate of drug-likeness (QED) is 0.288. The molecule has 1 heterocycles. The lowest BCUT2D eigenvalue weighted by Gasteiger charge is -2.23. The van der Waals surface area contributed by atoms with E-state index in [0.717, 1.165) is 6.20 Å². The highest BCUT2D eigenvalue weighted by Gasteiger charge is 2.33. The van der Waals surface area contributed by atoms with Gasteiger partial charge in [-0.05, 0) is 30.7 Å². The number of halogens is 5. The first kappa shape index (κ1) is 29.5. The lowest BCUT2D eigenvalue weighted by molar-refractivity contribution is -0.141. The van der Waals surface area contributed by atoms with Crippen LogP contribution in [0.2, 0.25) is 10.0 Å². The molecule has 2 aromatic carbocycles. The number of anilines is 1. The minimum atomic E-state index is -4.78. The van der Waals surface area contributed by atoms with Gasteiger partial charge in [-0.1, -0.05) is 29.3 Å². The Morgan fingerprint density at radius 2 is 1.85 bits per heavy atom. The van der Waals surface area contributed by atoms with Crippen LogP contribution in [0.1, 0.15) is 34.5 Å². The van der Waals surface area contributed by atoms with Crippen molar-refractivity contribution >= 4 is 40.8 Å². The van der Waals surface area contributed by atoms with Crippen molar-refractivity contribution in [2.45, 2.75) is 19.0 Å². The minimum Gasteiger partial charge on any atom is -0.495 e. The predicted octanol–water partition coefficient (Wildman–Crippen LogP) is 6.47. The van der Waals surface area contributed by atoms with E-state index in [2.05, 4.69) is 4.98 Å². The van der Waals surface area contributed by atoms with Gasteiger partial charge in [-0.15, -0.1) is 0 Å². The topological polar surface area (TPSA) is 113 Å². The number of nitrogens with zero attached hydrogens (tertiary/aromatic N) is 3. The van der Waals surface area contributed by atoms with E-state index in [-0.39, 0.29) is 68.9 Å². The van der Waals surface area contributed by atoms with Gasteiger partial charge in [0.15, 0.2) is 0 Å². The molecule has 0 aliphatic rings. The molecular weight excluding hydrogens is 562 g/mol. The Morgan fingerprint density at radius 1 is 1.13 bits per heavy atom. The number of carbonyl (C=O) groups excluding carboxylic acids is 1. The van der Waals surface area contributed by atoms with Crippen molar-refractivity contribution in [1.29, 1.82) is 5.26 Å². The zero-order chi connectivity index (χ0) is 28.9. The van der Waals surface area contributed by atoms with E-state index in [4.69, 9.17) is 37.8 Å². The number of hydrogen-bond donors (Lipinski definition) is 1. The van der Waals surface area contributed by atoms with Crippen LogP contribution in [0.5, 0.6) is 11.5 Å². The molecule has 0 radical (unpaired) electrons. The first-order valence-corrected chi connectivity index (χ1v) is 11.9. The number of carboxylic acid groups (broad SMARTS) is 1. The fraction of sp³-hybridized carbons (Fsp3) is 0.231. The van der Waals surface area contributed by atoms with Gasteiger partial charge in [-0.2, -0.15) is 18.4 Å². The highest BCUT2D eigenvalue weighted by molar-refractivity contribution is 6.35. The molecule has 3 rings (SSSR count). The number of ether oxygens (including phenoxy) is 2. The first-order chi connectivity index (χ1) is 18.4. The van der Waals surface area contributed by atoms with E-state index in [1.165, 1.54) is 31.2 Å². The summed E-state index contributed by atoms with van der Waals surface area (Å²) >= 11 is 12.8. The first-order valence-electron chi connectivity index (χ1n) is 11.2. The third-order valence-corrected chi connectivity index (χ3v) is 6.12. The number of carbonyl (C=O) groups is 2. The standard InChI is InChI=1S/C26H20Cl2F3N3O5/c1-34(24-18(27)5-3-6-20(24)38-2)25(37)16-10-15(19(28)11-21(16)39-8-4-7-23(35)36)17-13-33-22(26(29,30)31)9-14(17)12-32/h3,5-6,9-11,13H,4,7-8H2,1-2H3,(H,35,36). The van der Waals surface area contributed by atoms with Crippen molar-refractivity contribution in [3.05, 3.63) is 69.5 Å². The van der Waals surface area contributed by atoms with Gasteiger partial charge >= 0.3 is 12.1 Å². The van der Waals surface area contributed by atoms with Crippen LogP contribution in [-0.4, -0.2) is 42.7 Å². The van der Waals surface area contributed by atoms with Crippen molar-refractivity contribution in [3.8, 4) is 28.7 Å². The van der Waals surface area contributed by atoms with Crippen molar-refractivity contribution < 1.29 is 37.3 Å². The second kappa shape index (κ2) is 12.2. The van der Waals surface area contributed by atoms with Crippen LogP contribution in [0.15, 0.2) is 42.6 Å². The Hall–Kier alpha value is -4.01. The van der Waals surface area contributed by atoms with Gasteiger partial charge in [-0.25, -0.2) is 0 Å². The summed E-state index contributed by atoms with van der Waals surface area (Å²) in [5.74, 6) is -1.43. The van der Waals surface area contributed by atoms with Crippen molar-refractivity contribution in [3.63, 3.8) is 0 Å². The number of aliphatic carboxylic acids is 1. The van der Waals surface area contributed by atoms with Gasteiger partial charge in [0, 0.05) is 36.9 Å². The van der Waals surface area contributed by atoms with Gasteiger partial charge in [0.1, 0.15) is 22.9 Å². The van der Waals surface area contributed by atoms with Crippen LogP contribution < -0.4 is 14.4 Å². The van der Waals surface area contributed by atoms with E-state index >= 15 is 0 Å². The average molecular weight is 582 g/mol. The number of alkyl halides is 3. The summed E-state index contributed by atoms with van der Waals surface area (Å²) in [7, 11) is 2.82. The molecule has 0 saturated carbocycles. The maximum atomic E-state index is 13.7. The largest absolute Gasteiger partial charge is 0.495 e. The molecule has 0 saturated heterocycles. The van der Waals surface area contributed by atoms with E-state index in [1.807, 2.05) is 0 Å². The zero-order valence-corrected chi connectivity index (χ0v) is 22.0. The molecule has 1 N–H and O–H groups in total. The molecule has 13 heteroatoms. The minimum absolute atomic E-state index is 0.0182. The molecular formula is C26H20Cl2F3N3O5. The number of carboxylic acids is 1. The molecule has 0 aliphatic heterocycles. The molecule has 0 atom stereocenters. The Labute approximate surface area is 231 Å². The normalized spacial score (nSPS) is 11.0. The van der Waals surface area contributed by atoms with Crippen LogP contribution in [0, 0.1) is 11.3 Å². The lowest BCUT2D eigenvalue weighted by Crippen LogP contribution is -2.27. The Bertz CT molecular complexity index is 1460. The molecule has 204 valence electrons. The fourth-order valence-corrected chi connectivity index (χ4v) is 4.19. The summed E-state index contributed by atoms with van der Waals surface area (Å²) < 4.78 is 50.5. The predicted molar refractivity (Wildman–Crippen MR) is 138 cm³/mol. The maximum absolute atomic E-state index is 13.7. The number of methoxy groups -OCH3 is 1. The van der Waals surface area contributed by atoms with Crippen LogP contribution in [0.25, 0.3) is 11.1 Å². The summed E-state index contributed by atoms with van der Waals surface area (Å²) in [5.41, 5.74) is -1.48. The monoisotopic (exact) mass is 581 g/mol. The molecule has 1 aromatic heterocycles. The second-order valence-electron chi connectivity index (χ2n) is 8.05. The van der Waals surface area contributed by atoms with Crippen LogP contribution in [0.4, 0.5) is 18.9 Å². The number of para-hydroxylation sites is 1. The number of amides is 1. The molecule has 1 amide bonds. The second-order valence-corrected chi connectivity index (χ2v) is 8.87. The summed E-state index contributed by atoms with van der Waals surface area (Å²) in [6, 6.07) is 9.59. The van der Waals surface area contributed by atoms with Crippen molar-refractivity contribution in [2.75, 3.05) is 25.7 Å². The zero-order valence-electron chi connectivity index (χ0n) is 20.5. The van der Waals surface area contributed by atoms with Gasteiger partial charge in [0.25, 0.3) is 5.91 Å².